The third kappa shape index (κ3) is 3.87. The maximum atomic E-state index is 10.7. The zero-order valence-electron chi connectivity index (χ0n) is 12.3. The minimum absolute atomic E-state index is 0.0733. The molecule has 0 aliphatic heterocycles. The first-order valence-corrected chi connectivity index (χ1v) is 8.74. The van der Waals surface area contributed by atoms with E-state index in [4.69, 9.17) is 32.3 Å². The first-order valence-electron chi connectivity index (χ1n) is 7.48. The number of rotatable bonds is 4. The molecule has 3 N–H and O–H groups in total. The van der Waals surface area contributed by atoms with E-state index in [2.05, 4.69) is 0 Å². The van der Waals surface area contributed by atoms with Crippen LogP contribution >= 0.6 is 23.4 Å². The van der Waals surface area contributed by atoms with Crippen LogP contribution in [0.2, 0.25) is 5.02 Å². The number of benzene rings is 1. The molecule has 1 aromatic carbocycles. The number of carbonyl (C=O) groups is 1. The molecule has 2 aliphatic carbocycles. The molecule has 0 atom stereocenters. The van der Waals surface area contributed by atoms with Crippen molar-refractivity contribution in [3.05, 3.63) is 34.3 Å². The van der Waals surface area contributed by atoms with Crippen molar-refractivity contribution in [1.82, 2.24) is 0 Å². The molecule has 0 heterocycles. The van der Waals surface area contributed by atoms with Crippen LogP contribution in [0.15, 0.2) is 18.2 Å². The molecule has 2 fully saturated rings. The predicted molar refractivity (Wildman–Crippen MR) is 90.8 cm³/mol. The van der Waals surface area contributed by atoms with Gasteiger partial charge in [0, 0.05) is 5.25 Å². The summed E-state index contributed by atoms with van der Waals surface area (Å²) in [5, 5.41) is 25.1. The fourth-order valence-electron chi connectivity index (χ4n) is 2.57. The number of ether oxygens (including phenoxy) is 1. The number of aliphatic carboxylic acids is 1. The topological polar surface area (TPSA) is 94.2 Å². The summed E-state index contributed by atoms with van der Waals surface area (Å²) in [7, 11) is 0. The third-order valence-corrected chi connectivity index (χ3v) is 5.53. The van der Waals surface area contributed by atoms with E-state index in [9.17, 15) is 4.79 Å². The Kier molecular flexibility index (Phi) is 4.64. The van der Waals surface area contributed by atoms with Crippen LogP contribution in [0.1, 0.15) is 42.7 Å². The SMILES string of the molecule is N=C(OC(=N)c1ccc(C2CC2)cc1Cl)S[C@H]1C[C@@H](C(=O)O)C1. The first-order chi connectivity index (χ1) is 10.9. The van der Waals surface area contributed by atoms with E-state index >= 15 is 0 Å². The number of halogens is 1. The minimum atomic E-state index is -0.787. The summed E-state index contributed by atoms with van der Waals surface area (Å²) in [5.74, 6) is -0.663. The Morgan fingerprint density at radius 1 is 1.30 bits per heavy atom. The summed E-state index contributed by atoms with van der Waals surface area (Å²) in [6.07, 6.45) is 3.44. The highest BCUT2D eigenvalue weighted by atomic mass is 35.5. The second kappa shape index (κ2) is 6.53. The van der Waals surface area contributed by atoms with E-state index in [0.717, 1.165) is 0 Å². The van der Waals surface area contributed by atoms with Crippen molar-refractivity contribution in [3.63, 3.8) is 0 Å². The van der Waals surface area contributed by atoms with Gasteiger partial charge in [0.15, 0.2) is 0 Å². The monoisotopic (exact) mass is 352 g/mol. The zero-order chi connectivity index (χ0) is 16.6. The summed E-state index contributed by atoms with van der Waals surface area (Å²) in [5.41, 5.74) is 1.66. The normalized spacial score (nSPS) is 23.0. The Hall–Kier alpha value is -1.53. The van der Waals surface area contributed by atoms with E-state index in [1.807, 2.05) is 12.1 Å². The maximum absolute atomic E-state index is 10.7. The Morgan fingerprint density at radius 3 is 2.57 bits per heavy atom. The van der Waals surface area contributed by atoms with Crippen molar-refractivity contribution < 1.29 is 14.6 Å². The van der Waals surface area contributed by atoms with Crippen LogP contribution in [0.4, 0.5) is 0 Å². The third-order valence-electron chi connectivity index (χ3n) is 4.20. The summed E-state index contributed by atoms with van der Waals surface area (Å²) >= 11 is 7.38. The van der Waals surface area contributed by atoms with Crippen molar-refractivity contribution in [3.8, 4) is 0 Å². The zero-order valence-corrected chi connectivity index (χ0v) is 13.9. The van der Waals surface area contributed by atoms with Gasteiger partial charge in [-0.15, -0.1) is 0 Å². The molecule has 0 bridgehead atoms. The lowest BCUT2D eigenvalue weighted by molar-refractivity contribution is -0.144. The highest BCUT2D eigenvalue weighted by Crippen LogP contribution is 2.41. The van der Waals surface area contributed by atoms with Crippen molar-refractivity contribution in [2.24, 2.45) is 5.92 Å². The first kappa shape index (κ1) is 16.3. The van der Waals surface area contributed by atoms with Crippen LogP contribution in [0.25, 0.3) is 0 Å². The summed E-state index contributed by atoms with van der Waals surface area (Å²) in [6, 6.07) is 5.59. The second-order valence-corrected chi connectivity index (χ2v) is 7.66. The van der Waals surface area contributed by atoms with Crippen LogP contribution in [0.5, 0.6) is 0 Å². The van der Waals surface area contributed by atoms with Crippen LogP contribution in [0.3, 0.4) is 0 Å². The highest BCUT2D eigenvalue weighted by Gasteiger charge is 2.36. The number of carboxylic acids is 1. The van der Waals surface area contributed by atoms with Gasteiger partial charge >= 0.3 is 5.97 Å². The summed E-state index contributed by atoms with van der Waals surface area (Å²) in [4.78, 5) is 10.7. The fourth-order valence-corrected chi connectivity index (χ4v) is 3.94. The molecule has 3 rings (SSSR count). The molecule has 2 saturated carbocycles. The van der Waals surface area contributed by atoms with Gasteiger partial charge in [0.25, 0.3) is 0 Å². The van der Waals surface area contributed by atoms with Crippen LogP contribution in [-0.4, -0.2) is 27.5 Å². The van der Waals surface area contributed by atoms with Gasteiger partial charge < -0.3 is 9.84 Å². The molecule has 0 amide bonds. The Bertz CT molecular complexity index is 669. The molecular formula is C16H17ClN2O3S. The van der Waals surface area contributed by atoms with E-state index in [-0.39, 0.29) is 22.3 Å². The molecule has 2 aliphatic rings. The summed E-state index contributed by atoms with van der Waals surface area (Å²) in [6.45, 7) is 0. The van der Waals surface area contributed by atoms with E-state index < -0.39 is 5.97 Å². The maximum Gasteiger partial charge on any atom is 0.306 e. The Morgan fingerprint density at radius 2 is 2.00 bits per heavy atom. The molecule has 0 unspecified atom stereocenters. The van der Waals surface area contributed by atoms with Gasteiger partial charge in [-0.3, -0.25) is 15.6 Å². The van der Waals surface area contributed by atoms with Gasteiger partial charge in [-0.25, -0.2) is 0 Å². The van der Waals surface area contributed by atoms with E-state index in [1.165, 1.54) is 30.2 Å². The summed E-state index contributed by atoms with van der Waals surface area (Å²) < 4.78 is 5.23. The molecule has 0 aromatic heterocycles. The average Bonchev–Trinajstić information content (AvgIpc) is 3.26. The lowest BCUT2D eigenvalue weighted by Gasteiger charge is -2.31. The molecule has 122 valence electrons. The lowest BCUT2D eigenvalue weighted by atomic mass is 9.85. The quantitative estimate of drug-likeness (QED) is 0.561. The molecule has 7 heteroatoms. The number of hydrogen-bond acceptors (Lipinski definition) is 5. The van der Waals surface area contributed by atoms with Crippen LogP contribution in [0, 0.1) is 16.7 Å². The molecule has 5 nitrogen and oxygen atoms in total. The standard InChI is InChI=1S/C16H17ClN2O3S/c17-13-7-9(8-1-2-8)3-4-12(13)14(18)22-16(19)23-11-5-10(6-11)15(20)21/h3-4,7-8,10-11,18-19H,1-2,5-6H2,(H,20,21)/t10-,11+. The fraction of sp³-hybridized carbons (Fsp3) is 0.438. The molecule has 0 radical (unpaired) electrons. The van der Waals surface area contributed by atoms with Gasteiger partial charge in [0.05, 0.1) is 16.5 Å². The molecule has 0 spiro atoms. The van der Waals surface area contributed by atoms with E-state index in [1.54, 1.807) is 6.07 Å². The largest absolute Gasteiger partial charge is 0.481 e. The van der Waals surface area contributed by atoms with Gasteiger partial charge in [-0.2, -0.15) is 0 Å². The van der Waals surface area contributed by atoms with Gasteiger partial charge in [-0.05, 0) is 49.3 Å². The molecular weight excluding hydrogens is 336 g/mol. The van der Waals surface area contributed by atoms with Gasteiger partial charge in [0.1, 0.15) is 0 Å². The smallest absolute Gasteiger partial charge is 0.306 e. The van der Waals surface area contributed by atoms with Crippen LogP contribution in [-0.2, 0) is 9.53 Å². The molecule has 23 heavy (non-hydrogen) atoms. The Balaban J connectivity index is 1.52. The van der Waals surface area contributed by atoms with Gasteiger partial charge in [-0.1, -0.05) is 29.4 Å². The highest BCUT2D eigenvalue weighted by molar-refractivity contribution is 8.14. The Labute approximate surface area is 143 Å². The van der Waals surface area contributed by atoms with Crippen molar-refractivity contribution >= 4 is 40.5 Å². The molecule has 1 aromatic rings. The van der Waals surface area contributed by atoms with Gasteiger partial charge in [0.2, 0.25) is 11.1 Å². The number of hydrogen-bond donors (Lipinski definition) is 3. The van der Waals surface area contributed by atoms with Crippen molar-refractivity contribution in [2.45, 2.75) is 36.9 Å². The number of nitrogens with one attached hydrogen (secondary N) is 2. The number of carboxylic acid groups (broad SMARTS) is 1. The lowest BCUT2D eigenvalue weighted by Crippen LogP contribution is -2.33. The van der Waals surface area contributed by atoms with Crippen LogP contribution < -0.4 is 0 Å². The predicted octanol–water partition coefficient (Wildman–Crippen LogP) is 4.09. The average molecular weight is 353 g/mol. The molecule has 0 saturated heterocycles. The van der Waals surface area contributed by atoms with Crippen molar-refractivity contribution in [1.29, 1.82) is 10.8 Å². The van der Waals surface area contributed by atoms with E-state index in [0.29, 0.717) is 29.3 Å². The minimum Gasteiger partial charge on any atom is -0.481 e. The van der Waals surface area contributed by atoms with Crippen molar-refractivity contribution in [2.75, 3.05) is 0 Å². The number of thioether (sulfide) groups is 1. The second-order valence-electron chi connectivity index (χ2n) is 5.98.